The Morgan fingerprint density at radius 3 is 3.06 bits per heavy atom. The summed E-state index contributed by atoms with van der Waals surface area (Å²) in [5.74, 6) is 0. The van der Waals surface area contributed by atoms with Gasteiger partial charge in [-0.1, -0.05) is 12.1 Å². The third kappa shape index (κ3) is 1.70. The molecule has 16 heavy (non-hydrogen) atoms. The largest absolute Gasteiger partial charge is 0.394 e. The highest BCUT2D eigenvalue weighted by Gasteiger charge is 2.41. The summed E-state index contributed by atoms with van der Waals surface area (Å²) in [6.07, 6.45) is 3.98. The highest BCUT2D eigenvalue weighted by Crippen LogP contribution is 2.34. The van der Waals surface area contributed by atoms with Crippen molar-refractivity contribution in [1.29, 1.82) is 0 Å². The Morgan fingerprint density at radius 2 is 2.31 bits per heavy atom. The van der Waals surface area contributed by atoms with Gasteiger partial charge in [0.15, 0.2) is 0 Å². The first kappa shape index (κ1) is 9.81. The summed E-state index contributed by atoms with van der Waals surface area (Å²) in [5, 5.41) is 20.7. The number of aromatic amines is 1. The number of rotatable bonds is 4. The molecule has 3 rings (SSSR count). The van der Waals surface area contributed by atoms with Crippen molar-refractivity contribution in [3.05, 3.63) is 30.0 Å². The fourth-order valence-electron chi connectivity index (χ4n) is 1.93. The maximum atomic E-state index is 9.19. The standard InChI is InChI=1S/C12H15N3O/c16-8-12(3-4-12)13-6-9-1-2-10-7-14-15-11(10)5-9/h1-2,5,7,13,16H,3-4,6,8H2,(H,14,15). The van der Waals surface area contributed by atoms with Gasteiger partial charge in [0.25, 0.3) is 0 Å². The number of nitrogens with zero attached hydrogens (tertiary/aromatic N) is 1. The van der Waals surface area contributed by atoms with Crippen molar-refractivity contribution >= 4 is 10.9 Å². The molecule has 84 valence electrons. The second-order valence-corrected chi connectivity index (χ2v) is 4.58. The molecule has 1 heterocycles. The summed E-state index contributed by atoms with van der Waals surface area (Å²) in [5.41, 5.74) is 2.28. The number of hydrogen-bond donors (Lipinski definition) is 3. The lowest BCUT2D eigenvalue weighted by atomic mass is 10.1. The van der Waals surface area contributed by atoms with Crippen LogP contribution in [0.1, 0.15) is 18.4 Å². The Morgan fingerprint density at radius 1 is 1.44 bits per heavy atom. The molecule has 1 fully saturated rings. The fraction of sp³-hybridized carbons (Fsp3) is 0.417. The van der Waals surface area contributed by atoms with Crippen LogP contribution < -0.4 is 5.32 Å². The Bertz CT molecular complexity index is 502. The molecule has 1 aliphatic rings. The normalized spacial score (nSPS) is 17.8. The van der Waals surface area contributed by atoms with Crippen molar-refractivity contribution in [2.24, 2.45) is 0 Å². The van der Waals surface area contributed by atoms with Gasteiger partial charge in [0.05, 0.1) is 18.3 Å². The van der Waals surface area contributed by atoms with Crippen LogP contribution in [0.15, 0.2) is 24.4 Å². The zero-order chi connectivity index (χ0) is 11.0. The Kier molecular flexibility index (Phi) is 2.19. The van der Waals surface area contributed by atoms with E-state index in [0.717, 1.165) is 30.3 Å². The quantitative estimate of drug-likeness (QED) is 0.720. The summed E-state index contributed by atoms with van der Waals surface area (Å²) in [4.78, 5) is 0. The predicted molar refractivity (Wildman–Crippen MR) is 62.0 cm³/mol. The van der Waals surface area contributed by atoms with Crippen molar-refractivity contribution in [2.75, 3.05) is 6.61 Å². The van der Waals surface area contributed by atoms with Gasteiger partial charge in [-0.15, -0.1) is 0 Å². The number of H-pyrrole nitrogens is 1. The molecule has 0 unspecified atom stereocenters. The van der Waals surface area contributed by atoms with Crippen LogP contribution >= 0.6 is 0 Å². The molecule has 0 amide bonds. The van der Waals surface area contributed by atoms with Crippen LogP contribution in [0.4, 0.5) is 0 Å². The molecule has 4 heteroatoms. The lowest BCUT2D eigenvalue weighted by Gasteiger charge is -2.13. The molecular weight excluding hydrogens is 202 g/mol. The average molecular weight is 217 g/mol. The van der Waals surface area contributed by atoms with Crippen molar-refractivity contribution in [2.45, 2.75) is 24.9 Å². The summed E-state index contributed by atoms with van der Waals surface area (Å²) in [7, 11) is 0. The highest BCUT2D eigenvalue weighted by atomic mass is 16.3. The first-order valence-electron chi connectivity index (χ1n) is 5.59. The second kappa shape index (κ2) is 3.57. The van der Waals surface area contributed by atoms with Gasteiger partial charge < -0.3 is 10.4 Å². The van der Waals surface area contributed by atoms with E-state index in [-0.39, 0.29) is 12.1 Å². The monoisotopic (exact) mass is 217 g/mol. The van der Waals surface area contributed by atoms with E-state index in [1.165, 1.54) is 5.56 Å². The van der Waals surface area contributed by atoms with Crippen molar-refractivity contribution in [1.82, 2.24) is 15.5 Å². The number of benzene rings is 1. The third-order valence-corrected chi connectivity index (χ3v) is 3.33. The van der Waals surface area contributed by atoms with E-state index < -0.39 is 0 Å². The molecule has 4 nitrogen and oxygen atoms in total. The Labute approximate surface area is 93.7 Å². The molecule has 0 bridgehead atoms. The van der Waals surface area contributed by atoms with E-state index in [2.05, 4.69) is 33.7 Å². The van der Waals surface area contributed by atoms with Crippen molar-refractivity contribution in [3.63, 3.8) is 0 Å². The minimum absolute atomic E-state index is 0.00292. The predicted octanol–water partition coefficient (Wildman–Crippen LogP) is 1.18. The maximum Gasteiger partial charge on any atom is 0.0653 e. The van der Waals surface area contributed by atoms with Crippen LogP contribution in [0, 0.1) is 0 Å². The summed E-state index contributed by atoms with van der Waals surface area (Å²) in [6.45, 7) is 1.04. The lowest BCUT2D eigenvalue weighted by molar-refractivity contribution is 0.229. The van der Waals surface area contributed by atoms with Crippen LogP contribution in [-0.2, 0) is 6.54 Å². The van der Waals surface area contributed by atoms with Gasteiger partial charge in [0, 0.05) is 17.5 Å². The van der Waals surface area contributed by atoms with Gasteiger partial charge in [-0.25, -0.2) is 0 Å². The number of hydrogen-bond acceptors (Lipinski definition) is 3. The summed E-state index contributed by atoms with van der Waals surface area (Å²) < 4.78 is 0. The summed E-state index contributed by atoms with van der Waals surface area (Å²) in [6, 6.07) is 6.26. The van der Waals surface area contributed by atoms with E-state index in [1.807, 2.05) is 6.20 Å². The number of fused-ring (bicyclic) bond motifs is 1. The second-order valence-electron chi connectivity index (χ2n) is 4.58. The van der Waals surface area contributed by atoms with Gasteiger partial charge in [0.1, 0.15) is 0 Å². The van der Waals surface area contributed by atoms with Crippen LogP contribution in [0.2, 0.25) is 0 Å². The molecule has 1 aromatic carbocycles. The molecule has 1 saturated carbocycles. The molecular formula is C12H15N3O. The van der Waals surface area contributed by atoms with Crippen LogP contribution in [0.5, 0.6) is 0 Å². The average Bonchev–Trinajstić information content (AvgIpc) is 2.96. The van der Waals surface area contributed by atoms with Crippen LogP contribution in [-0.4, -0.2) is 27.4 Å². The fourth-order valence-corrected chi connectivity index (χ4v) is 1.93. The Balaban J connectivity index is 1.74. The van der Waals surface area contributed by atoms with E-state index >= 15 is 0 Å². The lowest BCUT2D eigenvalue weighted by Crippen LogP contribution is -2.34. The van der Waals surface area contributed by atoms with Crippen LogP contribution in [0.25, 0.3) is 10.9 Å². The van der Waals surface area contributed by atoms with Crippen LogP contribution in [0.3, 0.4) is 0 Å². The van der Waals surface area contributed by atoms with Gasteiger partial charge in [0.2, 0.25) is 0 Å². The van der Waals surface area contributed by atoms with Gasteiger partial charge in [-0.2, -0.15) is 5.10 Å². The molecule has 2 aromatic rings. The van der Waals surface area contributed by atoms with Gasteiger partial charge >= 0.3 is 0 Å². The molecule has 0 radical (unpaired) electrons. The zero-order valence-electron chi connectivity index (χ0n) is 9.03. The first-order chi connectivity index (χ1) is 7.81. The highest BCUT2D eigenvalue weighted by molar-refractivity contribution is 5.78. The SMILES string of the molecule is OCC1(NCc2ccc3cn[nH]c3c2)CC1. The molecule has 0 spiro atoms. The minimum atomic E-state index is 0.00292. The number of aliphatic hydroxyl groups excluding tert-OH is 1. The Hall–Kier alpha value is -1.39. The van der Waals surface area contributed by atoms with E-state index in [9.17, 15) is 5.11 Å². The summed E-state index contributed by atoms with van der Waals surface area (Å²) >= 11 is 0. The van der Waals surface area contributed by atoms with Crippen molar-refractivity contribution in [3.8, 4) is 0 Å². The van der Waals surface area contributed by atoms with Gasteiger partial charge in [-0.05, 0) is 24.5 Å². The first-order valence-corrected chi connectivity index (χ1v) is 5.59. The molecule has 0 saturated heterocycles. The van der Waals surface area contributed by atoms with Crippen molar-refractivity contribution < 1.29 is 5.11 Å². The molecule has 1 aliphatic carbocycles. The molecule has 3 N–H and O–H groups in total. The minimum Gasteiger partial charge on any atom is -0.394 e. The smallest absolute Gasteiger partial charge is 0.0653 e. The number of aliphatic hydroxyl groups is 1. The van der Waals surface area contributed by atoms with E-state index in [1.54, 1.807) is 0 Å². The molecule has 0 atom stereocenters. The van der Waals surface area contributed by atoms with E-state index in [4.69, 9.17) is 0 Å². The van der Waals surface area contributed by atoms with E-state index in [0.29, 0.717) is 0 Å². The zero-order valence-corrected chi connectivity index (χ0v) is 9.03. The number of aromatic nitrogens is 2. The van der Waals surface area contributed by atoms with Gasteiger partial charge in [-0.3, -0.25) is 5.10 Å². The number of nitrogens with one attached hydrogen (secondary N) is 2. The molecule has 0 aliphatic heterocycles. The third-order valence-electron chi connectivity index (χ3n) is 3.33. The molecule has 1 aromatic heterocycles. The topological polar surface area (TPSA) is 60.9 Å². The maximum absolute atomic E-state index is 9.19.